The SMILES string of the molecule is c1cc(-c2c3ccccc3nc3c2ccc2cccnc23)cc(-n2c3ccccc3c3ccccc32)c1.c1ccc(-n2c3ccccc3c3cc(-c4c5ccccc5nc5c4ccc4cccnc45)ccc32)cc1.c1ccc(N(c2ccccc2)c2ccc(N(c3ccc(-c4c5ccccc5nc5c4ccc4cccnc45)cc3)c3ccc4ccccc4c3)cc2)cc1. The fraction of sp³-hybridized carbons (Fsp3) is 0. The maximum absolute atomic E-state index is 5.13. The van der Waals surface area contributed by atoms with Crippen LogP contribution >= 0.6 is 0 Å². The molecule has 0 aliphatic carbocycles. The second-order valence-electron chi connectivity index (χ2n) is 32.4. The summed E-state index contributed by atoms with van der Waals surface area (Å²) in [7, 11) is 0. The molecule has 0 unspecified atom stereocenters. The van der Waals surface area contributed by atoms with Gasteiger partial charge >= 0.3 is 0 Å². The Balaban J connectivity index is 0.000000110. The first-order chi connectivity index (χ1) is 63.5. The zero-order chi connectivity index (χ0) is 84.5. The zero-order valence-electron chi connectivity index (χ0n) is 69.4. The number of nitrogens with zero attached hydrogens (tertiary/aromatic N) is 10. The molecule has 0 aliphatic heterocycles. The summed E-state index contributed by atoms with van der Waals surface area (Å²) in [6.45, 7) is 0. The van der Waals surface area contributed by atoms with Crippen LogP contribution in [-0.4, -0.2) is 39.0 Å². The topological polar surface area (TPSA) is 93.7 Å². The summed E-state index contributed by atoms with van der Waals surface area (Å²) < 4.78 is 4.73. The fourth-order valence-electron chi connectivity index (χ4n) is 19.3. The van der Waals surface area contributed by atoms with Crippen molar-refractivity contribution in [3.63, 3.8) is 0 Å². The number of pyridine rings is 6. The van der Waals surface area contributed by atoms with Gasteiger partial charge in [-0.15, -0.1) is 0 Å². The summed E-state index contributed by atoms with van der Waals surface area (Å²) in [5.74, 6) is 0. The highest BCUT2D eigenvalue weighted by Crippen LogP contribution is 2.47. The predicted molar refractivity (Wildman–Crippen MR) is 536 cm³/mol. The molecule has 0 saturated carbocycles. The molecule has 10 nitrogen and oxygen atoms in total. The molecule has 0 aliphatic rings. The minimum atomic E-state index is 0.919. The Morgan fingerprint density at radius 1 is 0.172 bits per heavy atom. The molecule has 598 valence electrons. The number of hydrogen-bond donors (Lipinski definition) is 0. The second kappa shape index (κ2) is 31.5. The van der Waals surface area contributed by atoms with Crippen LogP contribution in [0.2, 0.25) is 0 Å². The molecule has 0 fully saturated rings. The van der Waals surface area contributed by atoms with Crippen molar-refractivity contribution in [1.82, 2.24) is 39.0 Å². The highest BCUT2D eigenvalue weighted by Gasteiger charge is 2.24. The third-order valence-electron chi connectivity index (χ3n) is 25.0. The van der Waals surface area contributed by atoms with E-state index < -0.39 is 0 Å². The van der Waals surface area contributed by atoms with Crippen LogP contribution in [0.3, 0.4) is 0 Å². The van der Waals surface area contributed by atoms with Crippen molar-refractivity contribution in [2.45, 2.75) is 0 Å². The first-order valence-electron chi connectivity index (χ1n) is 43.3. The lowest BCUT2D eigenvalue weighted by atomic mass is 9.94. The maximum atomic E-state index is 5.13. The second-order valence-corrected chi connectivity index (χ2v) is 32.4. The summed E-state index contributed by atoms with van der Waals surface area (Å²) in [4.78, 5) is 34.1. The summed E-state index contributed by atoms with van der Waals surface area (Å²) in [6, 6.07) is 157. The monoisotopic (exact) mass is 1630 g/mol. The van der Waals surface area contributed by atoms with Crippen LogP contribution in [0.4, 0.5) is 34.1 Å². The van der Waals surface area contributed by atoms with Crippen molar-refractivity contribution in [3.05, 3.63) is 461 Å². The van der Waals surface area contributed by atoms with Gasteiger partial charge in [-0.05, 0) is 191 Å². The van der Waals surface area contributed by atoms with E-state index in [4.69, 9.17) is 29.9 Å². The van der Waals surface area contributed by atoms with Gasteiger partial charge < -0.3 is 18.9 Å². The molecule has 8 aromatic heterocycles. The number of aromatic nitrogens is 8. The van der Waals surface area contributed by atoms with Crippen LogP contribution in [0.5, 0.6) is 0 Å². The van der Waals surface area contributed by atoms with E-state index in [2.05, 4.69) is 444 Å². The van der Waals surface area contributed by atoms with Gasteiger partial charge in [-0.3, -0.25) is 15.0 Å². The molecule has 18 aromatic carbocycles. The van der Waals surface area contributed by atoms with Crippen LogP contribution in [0.1, 0.15) is 0 Å². The van der Waals surface area contributed by atoms with Gasteiger partial charge in [-0.2, -0.15) is 0 Å². The van der Waals surface area contributed by atoms with E-state index in [1.165, 1.54) is 87.9 Å². The Morgan fingerprint density at radius 2 is 0.500 bits per heavy atom. The van der Waals surface area contributed by atoms with Gasteiger partial charge in [0.05, 0.1) is 71.7 Å². The number of hydrogen-bond acceptors (Lipinski definition) is 8. The molecule has 26 rings (SSSR count). The van der Waals surface area contributed by atoms with Crippen molar-refractivity contribution < 1.29 is 0 Å². The Bertz CT molecular complexity index is 8750. The van der Waals surface area contributed by atoms with E-state index in [1.54, 1.807) is 0 Å². The Morgan fingerprint density at radius 3 is 0.984 bits per heavy atom. The molecule has 128 heavy (non-hydrogen) atoms. The van der Waals surface area contributed by atoms with Gasteiger partial charge in [0, 0.05) is 151 Å². The smallest absolute Gasteiger partial charge is 0.0978 e. The average molecular weight is 1630 g/mol. The third kappa shape index (κ3) is 13.0. The first kappa shape index (κ1) is 74.5. The van der Waals surface area contributed by atoms with Crippen LogP contribution in [0.25, 0.3) is 197 Å². The van der Waals surface area contributed by atoms with Crippen molar-refractivity contribution in [2.24, 2.45) is 0 Å². The summed E-state index contributed by atoms with van der Waals surface area (Å²) in [5, 5.41) is 17.5. The molecule has 0 spiro atoms. The lowest BCUT2D eigenvalue weighted by Gasteiger charge is -2.28. The molecular weight excluding hydrogens is 1560 g/mol. The molecule has 0 saturated heterocycles. The van der Waals surface area contributed by atoms with Crippen molar-refractivity contribution in [2.75, 3.05) is 9.80 Å². The quantitative estimate of drug-likeness (QED) is 0.0934. The molecule has 0 amide bonds. The van der Waals surface area contributed by atoms with Gasteiger partial charge in [-0.1, -0.05) is 279 Å². The average Bonchev–Trinajstić information content (AvgIpc) is 1.51. The minimum absolute atomic E-state index is 0.919. The molecule has 0 radical (unpaired) electrons. The molecular formula is C118H76N10. The van der Waals surface area contributed by atoms with E-state index in [1.807, 2.05) is 36.8 Å². The summed E-state index contributed by atoms with van der Waals surface area (Å²) >= 11 is 0. The maximum Gasteiger partial charge on any atom is 0.0978 e. The van der Waals surface area contributed by atoms with Crippen molar-refractivity contribution >= 4 is 187 Å². The fourth-order valence-corrected chi connectivity index (χ4v) is 19.3. The largest absolute Gasteiger partial charge is 0.311 e. The highest BCUT2D eigenvalue weighted by molar-refractivity contribution is 6.21. The number of anilines is 6. The van der Waals surface area contributed by atoms with Crippen LogP contribution in [-0.2, 0) is 0 Å². The Hall–Kier alpha value is -17.3. The zero-order valence-corrected chi connectivity index (χ0v) is 69.4. The molecule has 0 N–H and O–H groups in total. The third-order valence-corrected chi connectivity index (χ3v) is 25.0. The van der Waals surface area contributed by atoms with E-state index in [0.717, 1.165) is 144 Å². The number of para-hydroxylation sites is 9. The van der Waals surface area contributed by atoms with Gasteiger partial charge in [0.15, 0.2) is 0 Å². The Kier molecular flexibility index (Phi) is 18.3. The summed E-state index contributed by atoms with van der Waals surface area (Å²) in [5.41, 5.74) is 29.2. The first-order valence-corrected chi connectivity index (χ1v) is 43.3. The molecule has 26 aromatic rings. The highest BCUT2D eigenvalue weighted by atomic mass is 15.2. The van der Waals surface area contributed by atoms with Crippen LogP contribution < -0.4 is 9.80 Å². The van der Waals surface area contributed by atoms with Crippen LogP contribution in [0, 0.1) is 0 Å². The standard InChI is InChI=1S/C50H34N4.2C34H21N3/c1-3-15-39(16-4-1)53(40-17-5-2-6-18-40)42-28-30-43(31-29-42)54(44-27-21-35-12-7-8-13-38(35)34-44)41-25-22-36(23-26-41)48-45-19-9-10-20-47(45)52-50-46(48)32-24-37-14-11-33-51-49(37)50;1-4-15-29-27(14-1)32(28-19-18-22-10-8-20-35-33(22)34(28)36-29)23-9-7-11-24(21-23)37-30-16-5-2-12-25(30)26-13-3-6-17-31(26)37;1-2-10-24(11-3-1)37-30-15-7-5-12-25(30)28-21-23(17-19-31(28)37)32-26-13-4-6-14-29(26)36-34-27(32)18-16-22-9-8-20-35-33(22)34/h1-34H;2*1-21H. The lowest BCUT2D eigenvalue weighted by Crippen LogP contribution is -2.12. The van der Waals surface area contributed by atoms with Gasteiger partial charge in [0.25, 0.3) is 0 Å². The van der Waals surface area contributed by atoms with E-state index >= 15 is 0 Å². The van der Waals surface area contributed by atoms with Crippen LogP contribution in [0.15, 0.2) is 461 Å². The van der Waals surface area contributed by atoms with E-state index in [9.17, 15) is 0 Å². The van der Waals surface area contributed by atoms with Crippen molar-refractivity contribution in [3.8, 4) is 44.8 Å². The normalized spacial score (nSPS) is 11.6. The number of benzene rings is 18. The van der Waals surface area contributed by atoms with E-state index in [0.29, 0.717) is 0 Å². The van der Waals surface area contributed by atoms with E-state index in [-0.39, 0.29) is 0 Å². The number of fused-ring (bicyclic) bond motifs is 19. The molecule has 0 bridgehead atoms. The lowest BCUT2D eigenvalue weighted by molar-refractivity contribution is 1.18. The molecule has 10 heteroatoms. The van der Waals surface area contributed by atoms with Gasteiger partial charge in [0.1, 0.15) is 0 Å². The molecule has 8 heterocycles. The van der Waals surface area contributed by atoms with Crippen molar-refractivity contribution in [1.29, 1.82) is 0 Å². The summed E-state index contributed by atoms with van der Waals surface area (Å²) in [6.07, 6.45) is 5.55. The van der Waals surface area contributed by atoms with Gasteiger partial charge in [0.2, 0.25) is 0 Å². The minimum Gasteiger partial charge on any atom is -0.311 e. The predicted octanol–water partition coefficient (Wildman–Crippen LogP) is 31.1. The number of rotatable bonds is 11. The Labute approximate surface area is 736 Å². The van der Waals surface area contributed by atoms with Gasteiger partial charge in [-0.25, -0.2) is 15.0 Å². The molecule has 0 atom stereocenters.